The third kappa shape index (κ3) is 21.0. The lowest BCUT2D eigenvalue weighted by atomic mass is 9.95. The molecule has 27 nitrogen and oxygen atoms in total. The van der Waals surface area contributed by atoms with Crippen molar-refractivity contribution in [3.05, 3.63) is 331 Å². The van der Waals surface area contributed by atoms with Crippen molar-refractivity contribution in [3.63, 3.8) is 0 Å². The first-order valence-electron chi connectivity index (χ1n) is 45.9. The Morgan fingerprint density at radius 1 is 0.351 bits per heavy atom. The third-order valence-corrected chi connectivity index (χ3v) is 26.4. The molecule has 5 N–H and O–H groups in total. The van der Waals surface area contributed by atoms with E-state index in [-0.39, 0.29) is 83.2 Å². The number of Topliss-reactive ketones (excluding diaryl/α,β-unsaturated/α-hetero) is 4. The fourth-order valence-electron chi connectivity index (χ4n) is 19.1. The van der Waals surface area contributed by atoms with Gasteiger partial charge in [0, 0.05) is 151 Å². The molecule has 0 radical (unpaired) electrons. The highest BCUT2D eigenvalue weighted by molar-refractivity contribution is 6.05. The number of hydrogen-bond donors (Lipinski definition) is 5. The molecule has 4 saturated heterocycles. The second kappa shape index (κ2) is 40.1. The fourth-order valence-corrected chi connectivity index (χ4v) is 19.1. The number of aryl methyl sites for hydroxylation is 6. The second-order valence-corrected chi connectivity index (χ2v) is 36.1. The number of nitrogens with zero attached hydrogens (tertiary/aromatic N) is 10. The van der Waals surface area contributed by atoms with Gasteiger partial charge in [0.05, 0.1) is 29.4 Å². The van der Waals surface area contributed by atoms with Gasteiger partial charge in [-0.1, -0.05) is 142 Å². The molecule has 20 rings (SSSR count). The third-order valence-electron chi connectivity index (χ3n) is 26.4. The smallest absolute Gasteiger partial charge is 0.255 e. The summed E-state index contributed by atoms with van der Waals surface area (Å²) in [7, 11) is 0. The van der Waals surface area contributed by atoms with Crippen LogP contribution in [0.25, 0.3) is 32.7 Å². The molecule has 3 aromatic heterocycles. The van der Waals surface area contributed by atoms with Crippen molar-refractivity contribution in [2.24, 2.45) is 0 Å². The summed E-state index contributed by atoms with van der Waals surface area (Å²) in [4.78, 5) is 184. The fraction of sp³-hybridized carbons (Fsp3) is 0.308. The van der Waals surface area contributed by atoms with Crippen LogP contribution in [0.3, 0.4) is 0 Å². The summed E-state index contributed by atoms with van der Waals surface area (Å²) in [5.41, 5.74) is 21.2. The summed E-state index contributed by atoms with van der Waals surface area (Å²) in [6, 6.07) is 48.8. The SMILES string of the molecule is C=C1CCC(N2Cc3cc(CCC(=O)Cc4ccc5c(c4)CCNC5)ccc3C2=O)C(=O)N1.C=C1CCC(N2Cc3cc(CCC(=O)Cc4ccc5cnc(C)nc5c4)ccc3C2=O)C(=O)N1.C=C1CCC(N2Cc3cc(CCC(=O)Cc4nc(C)c5ccccc5n4)ccc3C2=O)C(=O)N1.C=C1CCC(N2Cc3cc(CCC(=O)Cc4ncc5ccccc5n4)ccc3C2=O)C(=O)N1. The van der Waals surface area contributed by atoms with E-state index in [4.69, 9.17) is 0 Å². The van der Waals surface area contributed by atoms with Gasteiger partial charge in [0.1, 0.15) is 64.8 Å². The normalized spacial score (nSPS) is 18.3. The molecule has 0 saturated carbocycles. The predicted octanol–water partition coefficient (Wildman–Crippen LogP) is 12.8. The zero-order valence-electron chi connectivity index (χ0n) is 75.3. The van der Waals surface area contributed by atoms with E-state index in [1.807, 2.05) is 153 Å². The number of benzene rings is 8. The maximum absolute atomic E-state index is 12.9. The minimum atomic E-state index is -0.471. The molecule has 134 heavy (non-hydrogen) atoms. The molecule has 8 amide bonds. The highest BCUT2D eigenvalue weighted by Crippen LogP contribution is 2.36. The van der Waals surface area contributed by atoms with Crippen molar-refractivity contribution in [2.75, 3.05) is 6.54 Å². The first-order chi connectivity index (χ1) is 64.7. The number of carbonyl (C=O) groups is 12. The molecule has 4 fully saturated rings. The Labute approximate surface area is 775 Å². The van der Waals surface area contributed by atoms with Gasteiger partial charge < -0.3 is 46.2 Å². The van der Waals surface area contributed by atoms with Gasteiger partial charge in [0.15, 0.2) is 0 Å². The van der Waals surface area contributed by atoms with Crippen molar-refractivity contribution >= 4 is 103 Å². The van der Waals surface area contributed by atoms with E-state index >= 15 is 0 Å². The molecule has 11 aromatic rings. The number of amides is 8. The number of ketones is 4. The molecule has 0 spiro atoms. The quantitative estimate of drug-likeness (QED) is 0.0375. The maximum atomic E-state index is 12.9. The lowest BCUT2D eigenvalue weighted by Gasteiger charge is -2.30. The molecule has 27 heteroatoms. The van der Waals surface area contributed by atoms with Gasteiger partial charge in [-0.25, -0.2) is 29.9 Å². The molecule has 9 aliphatic rings. The van der Waals surface area contributed by atoms with Crippen LogP contribution in [0.5, 0.6) is 0 Å². The van der Waals surface area contributed by atoms with Gasteiger partial charge in [-0.3, -0.25) is 57.5 Å². The highest BCUT2D eigenvalue weighted by atomic mass is 16.2. The van der Waals surface area contributed by atoms with E-state index in [0.717, 1.165) is 114 Å². The van der Waals surface area contributed by atoms with E-state index in [0.29, 0.717) is 204 Å². The summed E-state index contributed by atoms with van der Waals surface area (Å²) < 4.78 is 0. The minimum Gasteiger partial charge on any atom is -0.329 e. The predicted molar refractivity (Wildman–Crippen MR) is 505 cm³/mol. The summed E-state index contributed by atoms with van der Waals surface area (Å²) in [5.74, 6) is 1.20. The summed E-state index contributed by atoms with van der Waals surface area (Å²) >= 11 is 0. The molecule has 9 aliphatic heterocycles. The molecule has 12 heterocycles. The number of carbonyl (C=O) groups excluding carboxylic acids is 12. The van der Waals surface area contributed by atoms with Crippen LogP contribution >= 0.6 is 0 Å². The van der Waals surface area contributed by atoms with Crippen LogP contribution < -0.4 is 26.6 Å². The Balaban J connectivity index is 0.000000124. The highest BCUT2D eigenvalue weighted by Gasteiger charge is 2.43. The number of fused-ring (bicyclic) bond motifs is 8. The van der Waals surface area contributed by atoms with E-state index in [1.165, 1.54) is 11.1 Å². The van der Waals surface area contributed by atoms with Crippen LogP contribution in [0.4, 0.5) is 0 Å². The number of aromatic nitrogens is 6. The zero-order chi connectivity index (χ0) is 93.5. The van der Waals surface area contributed by atoms with Gasteiger partial charge in [0.25, 0.3) is 23.6 Å². The first-order valence-corrected chi connectivity index (χ1v) is 45.9. The van der Waals surface area contributed by atoms with Gasteiger partial charge >= 0.3 is 0 Å². The van der Waals surface area contributed by atoms with E-state index in [2.05, 4.69) is 101 Å². The van der Waals surface area contributed by atoms with Crippen LogP contribution in [-0.2, 0) is 129 Å². The lowest BCUT2D eigenvalue weighted by molar-refractivity contribution is -0.127. The topological polar surface area (TPSA) is 355 Å². The van der Waals surface area contributed by atoms with E-state index in [9.17, 15) is 57.5 Å². The second-order valence-electron chi connectivity index (χ2n) is 36.1. The molecular formula is C107H105N15O12. The van der Waals surface area contributed by atoms with Gasteiger partial charge in [-0.2, -0.15) is 0 Å². The molecule has 8 aromatic carbocycles. The van der Waals surface area contributed by atoms with Crippen LogP contribution in [-0.4, -0.2) is 151 Å². The number of nitrogens with one attached hydrogen (secondary N) is 5. The monoisotopic (exact) mass is 1790 g/mol. The van der Waals surface area contributed by atoms with Crippen molar-refractivity contribution in [3.8, 4) is 0 Å². The standard InChI is InChI=1S/2C27H26N4O3.C27H29N3O3.C26H24N4O3/c1-16-3-10-25(26(33)29-16)31-15-21-11-18(6-9-23(21)27(31)34)5-8-22(32)12-19-4-7-20-14-28-17(2)30-24(20)13-19;1-16-7-12-24(26(33)28-16)31-15-19-13-18(9-11-22(19)27(31)34)8-10-20(32)14-25-29-17(2)21-5-3-4-6-23(21)30-25;1-17-2-9-25(26(32)29-17)30-16-22-12-18(5-8-24(22)27(30)33)4-7-23(31)14-19-3-6-21-15-28-11-10-20(21)13-19;1-16-6-11-23(25(32)28-16)30-15-19-12-17(8-10-21(19)26(30)33)7-9-20(31)13-24-27-14-18-4-2-3-5-22(18)29-24/h4,6-7,9,11,13-14,25H,1,3,5,8,10,12,15H2,2H3,(H,29,33);3-6,9,11,13,24H,1,7-8,10,12,14-15H2,2H3,(H,28,33);3,5-6,8,12-13,25,28H,1-2,4,7,9-11,14-16H2,(H,29,32);2-5,8,10,12,14,23H,1,6-7,9,11,13,15H2,(H,28,32). The summed E-state index contributed by atoms with van der Waals surface area (Å²) in [6.07, 6.45) is 14.9. The molecule has 0 aliphatic carbocycles. The number of rotatable bonds is 24. The van der Waals surface area contributed by atoms with Crippen molar-refractivity contribution in [1.82, 2.24) is 76.1 Å². The maximum Gasteiger partial charge on any atom is 0.255 e. The Kier molecular flexibility index (Phi) is 27.2. The van der Waals surface area contributed by atoms with E-state index < -0.39 is 24.2 Å². The number of para-hydroxylation sites is 2. The molecular weight excluding hydrogens is 1690 g/mol. The van der Waals surface area contributed by atoms with Gasteiger partial charge in [-0.05, 0) is 213 Å². The number of hydrogen-bond acceptors (Lipinski definition) is 19. The van der Waals surface area contributed by atoms with Crippen molar-refractivity contribution in [2.45, 2.75) is 206 Å². The number of allylic oxidation sites excluding steroid dienone is 4. The summed E-state index contributed by atoms with van der Waals surface area (Å²) in [5, 5.41) is 17.3. The number of piperidine rings is 4. The zero-order valence-corrected chi connectivity index (χ0v) is 75.3. The molecule has 0 bridgehead atoms. The van der Waals surface area contributed by atoms with Gasteiger partial charge in [-0.15, -0.1) is 0 Å². The Hall–Kier alpha value is -14.9. The van der Waals surface area contributed by atoms with Crippen molar-refractivity contribution in [1.29, 1.82) is 0 Å². The van der Waals surface area contributed by atoms with Gasteiger partial charge in [0.2, 0.25) is 23.6 Å². The van der Waals surface area contributed by atoms with Crippen LogP contribution in [0.1, 0.15) is 208 Å². The Morgan fingerprint density at radius 3 is 1.16 bits per heavy atom. The Morgan fingerprint density at radius 2 is 0.716 bits per heavy atom. The lowest BCUT2D eigenvalue weighted by Crippen LogP contribution is -2.49. The van der Waals surface area contributed by atoms with Crippen LogP contribution in [0.15, 0.2) is 219 Å². The minimum absolute atomic E-state index is 0.0718. The first kappa shape index (κ1) is 91.1. The van der Waals surface area contributed by atoms with Crippen LogP contribution in [0.2, 0.25) is 0 Å². The molecule has 4 atom stereocenters. The summed E-state index contributed by atoms with van der Waals surface area (Å²) in [6.45, 7) is 22.6. The average molecular weight is 1790 g/mol. The molecule has 680 valence electrons. The van der Waals surface area contributed by atoms with Crippen LogP contribution in [0, 0.1) is 13.8 Å². The van der Waals surface area contributed by atoms with E-state index in [1.54, 1.807) is 32.0 Å². The largest absolute Gasteiger partial charge is 0.329 e. The molecule has 4 unspecified atom stereocenters. The Bertz CT molecular complexity index is 6740. The average Bonchev–Trinajstić information content (AvgIpc) is 1.64. The van der Waals surface area contributed by atoms with Crippen molar-refractivity contribution < 1.29 is 57.5 Å².